The van der Waals surface area contributed by atoms with Gasteiger partial charge in [0.25, 0.3) is 0 Å². The minimum atomic E-state index is -0.0648. The molecule has 54 valence electrons. The molecule has 0 saturated heterocycles. The van der Waals surface area contributed by atoms with E-state index in [0.717, 1.165) is 0 Å². The van der Waals surface area contributed by atoms with E-state index >= 15 is 0 Å². The molecule has 0 amide bonds. The predicted octanol–water partition coefficient (Wildman–Crippen LogP) is -1.61. The standard InChI is InChI=1S/C4H10O2.Fe.Li.S.H/c1-4(5-2)6-3;;;;/h4H,1-3H3;;;;/q;;+1;;-1. The molecular weight excluding hydrogens is 175 g/mol. The first-order valence-corrected chi connectivity index (χ1v) is 3.65. The number of ether oxygens (including phenoxy) is 2. The van der Waals surface area contributed by atoms with Gasteiger partial charge in [0, 0.05) is 14.2 Å². The van der Waals surface area contributed by atoms with Gasteiger partial charge in [0.15, 0.2) is 6.29 Å². The summed E-state index contributed by atoms with van der Waals surface area (Å²) in [7, 11) is 7.04. The molecule has 0 aliphatic rings. The minimum absolute atomic E-state index is 0. The van der Waals surface area contributed by atoms with Crippen molar-refractivity contribution in [1.29, 1.82) is 0 Å². The molecule has 0 unspecified atom stereocenters. The fourth-order valence-electron chi connectivity index (χ4n) is 0.0962. The number of hydrogen-bond donors (Lipinski definition) is 0. The van der Waals surface area contributed by atoms with Gasteiger partial charge in [-0.05, 0) is 6.92 Å². The molecule has 0 rings (SSSR count). The van der Waals surface area contributed by atoms with E-state index in [9.17, 15) is 0 Å². The summed E-state index contributed by atoms with van der Waals surface area (Å²) < 4.78 is 9.35. The molecule has 0 aliphatic carbocycles. The van der Waals surface area contributed by atoms with Crippen molar-refractivity contribution in [3.63, 3.8) is 0 Å². The summed E-state index contributed by atoms with van der Waals surface area (Å²) in [5.74, 6) is 0. The van der Waals surface area contributed by atoms with Crippen LogP contribution in [0.25, 0.3) is 0 Å². The molecule has 0 aromatic heterocycles. The molecule has 0 saturated carbocycles. The fourth-order valence-corrected chi connectivity index (χ4v) is 0.0962. The van der Waals surface area contributed by atoms with Crippen molar-refractivity contribution in [3.8, 4) is 0 Å². The first kappa shape index (κ1) is 16.7. The number of hydrogen-bond acceptors (Lipinski definition) is 3. The van der Waals surface area contributed by atoms with Crippen LogP contribution in [0.1, 0.15) is 8.35 Å². The second-order valence-electron chi connectivity index (χ2n) is 1.04. The Balaban J connectivity index is -0.0000000412. The van der Waals surface area contributed by atoms with Crippen LogP contribution < -0.4 is 18.9 Å². The van der Waals surface area contributed by atoms with Gasteiger partial charge in [-0.3, -0.25) is 0 Å². The quantitative estimate of drug-likeness (QED) is 0.381. The van der Waals surface area contributed by atoms with Crippen molar-refractivity contribution in [1.82, 2.24) is 0 Å². The number of methoxy groups -OCH3 is 2. The zero-order valence-electron chi connectivity index (χ0n) is 7.16. The molecule has 0 radical (unpaired) electrons. The van der Waals surface area contributed by atoms with E-state index in [1.807, 2.05) is 6.92 Å². The van der Waals surface area contributed by atoms with Crippen LogP contribution in [0.4, 0.5) is 0 Å². The molecule has 2 nitrogen and oxygen atoms in total. The Morgan fingerprint density at radius 2 is 1.56 bits per heavy atom. The van der Waals surface area contributed by atoms with Crippen LogP contribution in [-0.2, 0) is 23.9 Å². The zero-order chi connectivity index (χ0) is 6.99. The summed E-state index contributed by atoms with van der Waals surface area (Å²) in [4.78, 5) is 0. The second kappa shape index (κ2) is 16.1. The summed E-state index contributed by atoms with van der Waals surface area (Å²) in [5, 5.41) is 0. The van der Waals surface area contributed by atoms with E-state index in [1.165, 1.54) is 0 Å². The molecule has 0 heterocycles. The van der Waals surface area contributed by atoms with E-state index in [-0.39, 0.29) is 26.6 Å². The molecule has 0 N–H and O–H groups in total. The van der Waals surface area contributed by atoms with Crippen LogP contribution in [0, 0.1) is 0 Å². The first-order valence-electron chi connectivity index (χ1n) is 2.01. The van der Waals surface area contributed by atoms with Gasteiger partial charge < -0.3 is 10.9 Å². The Bertz CT molecular complexity index is 50.2. The average Bonchev–Trinajstić information content (AvgIpc) is 1.91. The molecule has 0 aromatic carbocycles. The van der Waals surface area contributed by atoms with E-state index in [0.29, 0.717) is 0 Å². The van der Waals surface area contributed by atoms with Crippen molar-refractivity contribution >= 4 is 10.6 Å². The van der Waals surface area contributed by atoms with E-state index in [2.05, 4.69) is 34.4 Å². The Morgan fingerprint density at radius 3 is 1.56 bits per heavy atom. The monoisotopic (exact) mass is 186 g/mol. The second-order valence-corrected chi connectivity index (χ2v) is 1.04. The predicted molar refractivity (Wildman–Crippen MR) is 32.2 cm³/mol. The van der Waals surface area contributed by atoms with E-state index < -0.39 is 0 Å². The molecule has 5 heteroatoms. The maximum atomic E-state index is 4.68. The van der Waals surface area contributed by atoms with Crippen LogP contribution in [0.2, 0.25) is 0 Å². The summed E-state index contributed by atoms with van der Waals surface area (Å²) in [5.41, 5.74) is 0. The van der Waals surface area contributed by atoms with Gasteiger partial charge >= 0.3 is 43.8 Å². The van der Waals surface area contributed by atoms with Crippen LogP contribution in [0.5, 0.6) is 0 Å². The van der Waals surface area contributed by atoms with Crippen LogP contribution in [0.3, 0.4) is 0 Å². The Morgan fingerprint density at radius 1 is 1.33 bits per heavy atom. The third kappa shape index (κ3) is 17.6. The van der Waals surface area contributed by atoms with Gasteiger partial charge in [-0.15, -0.1) is 0 Å². The van der Waals surface area contributed by atoms with Crippen molar-refractivity contribution < 1.29 is 44.1 Å². The Labute approximate surface area is 82.0 Å². The van der Waals surface area contributed by atoms with Crippen molar-refractivity contribution in [2.75, 3.05) is 14.2 Å². The normalized spacial score (nSPS) is 7.22. The topological polar surface area (TPSA) is 18.5 Å². The van der Waals surface area contributed by atoms with E-state index in [1.54, 1.807) is 14.2 Å². The molecule has 9 heavy (non-hydrogen) atoms. The average molecular weight is 186 g/mol. The van der Waals surface area contributed by atoms with Crippen molar-refractivity contribution in [2.45, 2.75) is 13.2 Å². The van der Waals surface area contributed by atoms with Gasteiger partial charge in [0.05, 0.1) is 0 Å². The van der Waals surface area contributed by atoms with Gasteiger partial charge in [0.2, 0.25) is 0 Å². The summed E-state index contributed by atoms with van der Waals surface area (Å²) >= 11 is 2.83. The van der Waals surface area contributed by atoms with E-state index in [4.69, 9.17) is 0 Å². The SMILES string of the molecule is COC(C)OC.[H-].[Li+].[S]=[Fe]. The summed E-state index contributed by atoms with van der Waals surface area (Å²) in [6, 6.07) is 0. The third-order valence-corrected chi connectivity index (χ3v) is 0.664. The molecule has 0 atom stereocenters. The van der Waals surface area contributed by atoms with Gasteiger partial charge in [-0.2, -0.15) is 0 Å². The Kier molecular flexibility index (Phi) is 29.9. The zero-order valence-corrected chi connectivity index (χ0v) is 8.08. The molecule has 0 bridgehead atoms. The fraction of sp³-hybridized carbons (Fsp3) is 1.00. The van der Waals surface area contributed by atoms with Gasteiger partial charge in [-0.25, -0.2) is 0 Å². The first-order chi connectivity index (χ1) is 3.81. The van der Waals surface area contributed by atoms with Gasteiger partial charge in [0.1, 0.15) is 0 Å². The molecule has 0 aromatic rings. The third-order valence-electron chi connectivity index (χ3n) is 0.664. The molecule has 0 spiro atoms. The molecule has 0 aliphatic heterocycles. The summed E-state index contributed by atoms with van der Waals surface area (Å²) in [6.07, 6.45) is -0.0648. The molecular formula is C4H11FeLiO2S. The van der Waals surface area contributed by atoms with Crippen LogP contribution >= 0.6 is 10.6 Å². The Hall–Kier alpha value is 1.26. The molecule has 0 fully saturated rings. The maximum absolute atomic E-state index is 4.68. The van der Waals surface area contributed by atoms with Crippen LogP contribution in [0.15, 0.2) is 0 Å². The van der Waals surface area contributed by atoms with Gasteiger partial charge in [-0.1, -0.05) is 0 Å². The van der Waals surface area contributed by atoms with Crippen molar-refractivity contribution in [2.24, 2.45) is 0 Å². The van der Waals surface area contributed by atoms with Crippen molar-refractivity contribution in [3.05, 3.63) is 0 Å². The summed E-state index contributed by atoms with van der Waals surface area (Å²) in [6.45, 7) is 1.83. The number of rotatable bonds is 2. The van der Waals surface area contributed by atoms with Crippen LogP contribution in [-0.4, -0.2) is 20.5 Å².